The summed E-state index contributed by atoms with van der Waals surface area (Å²) in [5.41, 5.74) is 3.14. The van der Waals surface area contributed by atoms with Gasteiger partial charge in [0.25, 0.3) is 0 Å². The lowest BCUT2D eigenvalue weighted by Gasteiger charge is -2.12. The Morgan fingerprint density at radius 2 is 2.00 bits per heavy atom. The minimum atomic E-state index is -4.33. The van der Waals surface area contributed by atoms with Crippen molar-refractivity contribution in [2.45, 2.75) is 38.5 Å². The molecule has 0 bridgehead atoms. The van der Waals surface area contributed by atoms with Crippen LogP contribution in [0.2, 0.25) is 0 Å². The van der Waals surface area contributed by atoms with Crippen LogP contribution in [-0.4, -0.2) is 52.4 Å². The smallest absolute Gasteiger partial charge is 0.372 e. The molecule has 6 nitrogen and oxygen atoms in total. The Hall–Kier alpha value is -2.07. The van der Waals surface area contributed by atoms with E-state index in [4.69, 9.17) is 0 Å². The molecule has 0 unspecified atom stereocenters. The second-order valence-electron chi connectivity index (χ2n) is 6.32. The van der Waals surface area contributed by atoms with E-state index in [9.17, 15) is 18.0 Å². The monoisotopic (exact) mass is 416 g/mol. The molecule has 0 saturated carbocycles. The number of ether oxygens (including phenoxy) is 1. The van der Waals surface area contributed by atoms with Gasteiger partial charge in [-0.05, 0) is 44.4 Å². The van der Waals surface area contributed by atoms with Crippen LogP contribution >= 0.6 is 11.8 Å². The molecule has 2 aromatic rings. The number of aromatic nitrogens is 3. The number of hydrogen-bond donors (Lipinski definition) is 1. The Balaban J connectivity index is 1.84. The lowest BCUT2D eigenvalue weighted by Crippen LogP contribution is -2.27. The molecule has 0 atom stereocenters. The molecule has 28 heavy (non-hydrogen) atoms. The van der Waals surface area contributed by atoms with Crippen LogP contribution in [0.3, 0.4) is 0 Å². The average Bonchev–Trinajstić information content (AvgIpc) is 2.98. The highest BCUT2D eigenvalue weighted by Crippen LogP contribution is 2.24. The molecule has 0 spiro atoms. The van der Waals surface area contributed by atoms with Crippen molar-refractivity contribution in [3.63, 3.8) is 0 Å². The van der Waals surface area contributed by atoms with Crippen molar-refractivity contribution in [2.24, 2.45) is 0 Å². The molecular formula is C18H23F3N4O2S. The van der Waals surface area contributed by atoms with Crippen molar-refractivity contribution < 1.29 is 22.7 Å². The molecule has 0 radical (unpaired) electrons. The summed E-state index contributed by atoms with van der Waals surface area (Å²) in [6.45, 7) is 4.76. The van der Waals surface area contributed by atoms with Gasteiger partial charge < -0.3 is 10.1 Å². The zero-order valence-corrected chi connectivity index (χ0v) is 16.8. The first-order valence-electron chi connectivity index (χ1n) is 8.71. The minimum Gasteiger partial charge on any atom is -0.372 e. The van der Waals surface area contributed by atoms with Gasteiger partial charge >= 0.3 is 6.18 Å². The van der Waals surface area contributed by atoms with Gasteiger partial charge in [0.15, 0.2) is 5.16 Å². The third kappa shape index (κ3) is 6.83. The highest BCUT2D eigenvalue weighted by atomic mass is 32.2. The molecule has 1 aromatic heterocycles. The van der Waals surface area contributed by atoms with Gasteiger partial charge in [-0.25, -0.2) is 0 Å². The van der Waals surface area contributed by atoms with Crippen LogP contribution in [0.15, 0.2) is 23.4 Å². The number of aryl methyl sites for hydroxylation is 3. The van der Waals surface area contributed by atoms with E-state index in [2.05, 4.69) is 20.3 Å². The topological polar surface area (TPSA) is 69.0 Å². The molecule has 1 heterocycles. The fourth-order valence-corrected chi connectivity index (χ4v) is 3.27. The third-order valence-corrected chi connectivity index (χ3v) is 4.72. The predicted octanol–water partition coefficient (Wildman–Crippen LogP) is 3.37. The highest BCUT2D eigenvalue weighted by Gasteiger charge is 2.27. The fraction of sp³-hybridized carbons (Fsp3) is 0.500. The molecule has 154 valence electrons. The summed E-state index contributed by atoms with van der Waals surface area (Å²) in [4.78, 5) is 12.0. The van der Waals surface area contributed by atoms with Gasteiger partial charge in [0.2, 0.25) is 5.91 Å². The summed E-state index contributed by atoms with van der Waals surface area (Å²) in [7, 11) is 0. The largest absolute Gasteiger partial charge is 0.411 e. The summed E-state index contributed by atoms with van der Waals surface area (Å²) < 4.78 is 42.2. The Kier molecular flexibility index (Phi) is 7.88. The molecule has 0 aliphatic rings. The second kappa shape index (κ2) is 9.92. The molecule has 0 saturated heterocycles. The number of alkyl halides is 3. The normalized spacial score (nSPS) is 11.6. The molecule has 1 N–H and O–H groups in total. The van der Waals surface area contributed by atoms with E-state index < -0.39 is 12.8 Å². The molecule has 0 fully saturated rings. The molecule has 2 rings (SSSR count). The first kappa shape index (κ1) is 22.2. The van der Waals surface area contributed by atoms with Crippen molar-refractivity contribution in [2.75, 3.05) is 25.5 Å². The maximum Gasteiger partial charge on any atom is 0.411 e. The Morgan fingerprint density at radius 1 is 1.25 bits per heavy atom. The standard InChI is InChI=1S/C18H23F3N4O2S/c1-12-5-6-13(2)15(9-12)25-14(3)23-24-17(25)28-10-16(26)22-7-4-8-27-11-18(19,20)21/h5-6,9H,4,7-8,10-11H2,1-3H3,(H,22,26). The van der Waals surface area contributed by atoms with Crippen molar-refractivity contribution in [3.05, 3.63) is 35.2 Å². The maximum atomic E-state index is 12.0. The van der Waals surface area contributed by atoms with E-state index in [0.29, 0.717) is 11.6 Å². The number of thioether (sulfide) groups is 1. The molecule has 1 amide bonds. The number of rotatable bonds is 9. The summed E-state index contributed by atoms with van der Waals surface area (Å²) in [6.07, 6.45) is -4.02. The number of benzene rings is 1. The van der Waals surface area contributed by atoms with Crippen LogP contribution in [0.25, 0.3) is 5.69 Å². The number of nitrogens with zero attached hydrogens (tertiary/aromatic N) is 3. The lowest BCUT2D eigenvalue weighted by atomic mass is 10.1. The van der Waals surface area contributed by atoms with Gasteiger partial charge in [0.05, 0.1) is 11.4 Å². The molecule has 10 heteroatoms. The average molecular weight is 416 g/mol. The van der Waals surface area contributed by atoms with Gasteiger partial charge in [-0.15, -0.1) is 10.2 Å². The highest BCUT2D eigenvalue weighted by molar-refractivity contribution is 7.99. The lowest BCUT2D eigenvalue weighted by molar-refractivity contribution is -0.174. The van der Waals surface area contributed by atoms with Gasteiger partial charge in [-0.3, -0.25) is 9.36 Å². The quantitative estimate of drug-likeness (QED) is 0.501. The van der Waals surface area contributed by atoms with Crippen LogP contribution in [0.5, 0.6) is 0 Å². The number of halogens is 3. The Labute approximate surface area is 165 Å². The van der Waals surface area contributed by atoms with Crippen LogP contribution in [0, 0.1) is 20.8 Å². The van der Waals surface area contributed by atoms with E-state index in [-0.39, 0.29) is 24.8 Å². The Bertz CT molecular complexity index is 809. The van der Waals surface area contributed by atoms with E-state index in [1.165, 1.54) is 11.8 Å². The maximum absolute atomic E-state index is 12.0. The van der Waals surface area contributed by atoms with Crippen LogP contribution in [0.4, 0.5) is 13.2 Å². The molecule has 0 aliphatic carbocycles. The van der Waals surface area contributed by atoms with Crippen molar-refractivity contribution in [1.82, 2.24) is 20.1 Å². The third-order valence-electron chi connectivity index (χ3n) is 3.79. The van der Waals surface area contributed by atoms with Crippen LogP contribution in [-0.2, 0) is 9.53 Å². The van der Waals surface area contributed by atoms with Gasteiger partial charge in [0, 0.05) is 13.2 Å². The zero-order chi connectivity index (χ0) is 20.7. The summed E-state index contributed by atoms with van der Waals surface area (Å²) in [6, 6.07) is 6.08. The number of amides is 1. The minimum absolute atomic E-state index is 0.0624. The van der Waals surface area contributed by atoms with Crippen molar-refractivity contribution in [1.29, 1.82) is 0 Å². The van der Waals surface area contributed by atoms with Gasteiger partial charge in [-0.1, -0.05) is 23.9 Å². The predicted molar refractivity (Wildman–Crippen MR) is 101 cm³/mol. The number of carbonyl (C=O) groups is 1. The zero-order valence-electron chi connectivity index (χ0n) is 16.0. The van der Waals surface area contributed by atoms with Crippen LogP contribution < -0.4 is 5.32 Å². The second-order valence-corrected chi connectivity index (χ2v) is 7.26. The van der Waals surface area contributed by atoms with Gasteiger partial charge in [0.1, 0.15) is 12.4 Å². The van der Waals surface area contributed by atoms with E-state index in [0.717, 1.165) is 22.6 Å². The number of hydrogen-bond acceptors (Lipinski definition) is 5. The van der Waals surface area contributed by atoms with Crippen molar-refractivity contribution in [3.8, 4) is 5.69 Å². The fourth-order valence-electron chi connectivity index (χ4n) is 2.45. The van der Waals surface area contributed by atoms with Gasteiger partial charge in [-0.2, -0.15) is 13.2 Å². The molecular weight excluding hydrogens is 393 g/mol. The summed E-state index contributed by atoms with van der Waals surface area (Å²) in [5.74, 6) is 0.624. The Morgan fingerprint density at radius 3 is 2.71 bits per heavy atom. The summed E-state index contributed by atoms with van der Waals surface area (Å²) in [5, 5.41) is 11.5. The molecule has 1 aromatic carbocycles. The number of nitrogens with one attached hydrogen (secondary N) is 1. The first-order valence-corrected chi connectivity index (χ1v) is 9.69. The van der Waals surface area contributed by atoms with Crippen LogP contribution in [0.1, 0.15) is 23.4 Å². The SMILES string of the molecule is Cc1ccc(C)c(-n2c(C)nnc2SCC(=O)NCCCOCC(F)(F)F)c1. The first-order chi connectivity index (χ1) is 13.2. The van der Waals surface area contributed by atoms with Crippen molar-refractivity contribution >= 4 is 17.7 Å². The van der Waals surface area contributed by atoms with E-state index in [1.54, 1.807) is 0 Å². The number of carbonyl (C=O) groups excluding carboxylic acids is 1. The molecule has 0 aliphatic heterocycles. The summed E-state index contributed by atoms with van der Waals surface area (Å²) >= 11 is 1.25. The van der Waals surface area contributed by atoms with E-state index in [1.807, 2.05) is 43.5 Å². The van der Waals surface area contributed by atoms with E-state index >= 15 is 0 Å².